The Bertz CT molecular complexity index is 140. The zero-order chi connectivity index (χ0) is 8.85. The van der Waals surface area contributed by atoms with Gasteiger partial charge in [-0.3, -0.25) is 0 Å². The first-order valence-electron chi connectivity index (χ1n) is 4.37. The van der Waals surface area contributed by atoms with Crippen molar-refractivity contribution < 1.29 is 0 Å². The van der Waals surface area contributed by atoms with Gasteiger partial charge < -0.3 is 0 Å². The van der Waals surface area contributed by atoms with E-state index in [0.29, 0.717) is 5.92 Å². The van der Waals surface area contributed by atoms with Crippen molar-refractivity contribution in [3.05, 3.63) is 24.3 Å². The summed E-state index contributed by atoms with van der Waals surface area (Å²) in [5.41, 5.74) is 1.49. The zero-order valence-electron chi connectivity index (χ0n) is 8.22. The van der Waals surface area contributed by atoms with Gasteiger partial charge in [0, 0.05) is 0 Å². The van der Waals surface area contributed by atoms with Crippen LogP contribution in [0, 0.1) is 11.8 Å². The van der Waals surface area contributed by atoms with Gasteiger partial charge in [0.15, 0.2) is 0 Å². The van der Waals surface area contributed by atoms with E-state index < -0.39 is 0 Å². The molecule has 0 amide bonds. The van der Waals surface area contributed by atoms with Crippen molar-refractivity contribution in [3.8, 4) is 0 Å². The Hall–Kier alpha value is -0.520. The Morgan fingerprint density at radius 1 is 1.42 bits per heavy atom. The van der Waals surface area contributed by atoms with Crippen LogP contribution in [0.2, 0.25) is 0 Å². The van der Waals surface area contributed by atoms with Gasteiger partial charge in [0.25, 0.3) is 0 Å². The van der Waals surface area contributed by atoms with Crippen LogP contribution in [0.15, 0.2) is 24.3 Å². The summed E-state index contributed by atoms with van der Waals surface area (Å²) < 4.78 is 0. The first kappa shape index (κ1) is 14.0. The second-order valence-corrected chi connectivity index (χ2v) is 3.41. The second kappa shape index (κ2) is 7.15. The minimum atomic E-state index is 0. The molecule has 0 heterocycles. The molecule has 0 N–H and O–H groups in total. The highest BCUT2D eigenvalue weighted by atomic mass is 14.2. The monoisotopic (exact) mass is 168 g/mol. The Labute approximate surface area is 78.4 Å². The van der Waals surface area contributed by atoms with Crippen molar-refractivity contribution in [3.63, 3.8) is 0 Å². The van der Waals surface area contributed by atoms with Gasteiger partial charge in [-0.15, -0.1) is 6.58 Å². The zero-order valence-corrected chi connectivity index (χ0v) is 8.22. The Morgan fingerprint density at radius 2 is 1.92 bits per heavy atom. The largest absolute Gasteiger partial charge is 0.103 e. The van der Waals surface area contributed by atoms with Crippen molar-refractivity contribution in [2.75, 3.05) is 0 Å². The SMILES string of the molecule is C.C=CC[C@@H](/C(C)=C/C)C(C)C. The molecule has 0 saturated carbocycles. The summed E-state index contributed by atoms with van der Waals surface area (Å²) >= 11 is 0. The third-order valence-corrected chi connectivity index (χ3v) is 2.27. The van der Waals surface area contributed by atoms with E-state index in [0.717, 1.165) is 12.3 Å². The lowest BCUT2D eigenvalue weighted by atomic mass is 9.86. The van der Waals surface area contributed by atoms with Gasteiger partial charge in [-0.1, -0.05) is 39.0 Å². The molecule has 0 aliphatic heterocycles. The molecule has 0 nitrogen and oxygen atoms in total. The Kier molecular flexibility index (Phi) is 8.36. The average molecular weight is 168 g/mol. The van der Waals surface area contributed by atoms with Gasteiger partial charge in [-0.2, -0.15) is 0 Å². The second-order valence-electron chi connectivity index (χ2n) is 3.41. The van der Waals surface area contributed by atoms with Crippen LogP contribution in [0.3, 0.4) is 0 Å². The molecule has 72 valence electrons. The topological polar surface area (TPSA) is 0 Å². The number of allylic oxidation sites excluding steroid dienone is 3. The maximum atomic E-state index is 3.77. The van der Waals surface area contributed by atoms with Crippen LogP contribution in [-0.2, 0) is 0 Å². The molecule has 12 heavy (non-hydrogen) atoms. The van der Waals surface area contributed by atoms with Crippen LogP contribution >= 0.6 is 0 Å². The molecule has 0 saturated heterocycles. The third kappa shape index (κ3) is 4.38. The molecule has 0 rings (SSSR count). The minimum Gasteiger partial charge on any atom is -0.103 e. The van der Waals surface area contributed by atoms with Crippen LogP contribution in [0.4, 0.5) is 0 Å². The molecule has 0 aliphatic rings. The third-order valence-electron chi connectivity index (χ3n) is 2.27. The van der Waals surface area contributed by atoms with Crippen LogP contribution in [0.25, 0.3) is 0 Å². The maximum absolute atomic E-state index is 3.77. The average Bonchev–Trinajstić information content (AvgIpc) is 1.98. The van der Waals surface area contributed by atoms with Gasteiger partial charge in [-0.25, -0.2) is 0 Å². The number of rotatable bonds is 4. The molecule has 0 radical (unpaired) electrons. The normalized spacial score (nSPS) is 13.9. The molecular formula is C12H24. The fraction of sp³-hybridized carbons (Fsp3) is 0.667. The summed E-state index contributed by atoms with van der Waals surface area (Å²) in [6, 6.07) is 0. The summed E-state index contributed by atoms with van der Waals surface area (Å²) in [5, 5.41) is 0. The van der Waals surface area contributed by atoms with E-state index in [1.165, 1.54) is 5.57 Å². The van der Waals surface area contributed by atoms with Gasteiger partial charge >= 0.3 is 0 Å². The lowest BCUT2D eigenvalue weighted by Gasteiger charge is -2.19. The molecule has 0 heteroatoms. The van der Waals surface area contributed by atoms with Crippen LogP contribution < -0.4 is 0 Å². The first-order valence-corrected chi connectivity index (χ1v) is 4.37. The molecule has 0 aliphatic carbocycles. The predicted molar refractivity (Wildman–Crippen MR) is 59.3 cm³/mol. The van der Waals surface area contributed by atoms with Gasteiger partial charge in [0.05, 0.1) is 0 Å². The van der Waals surface area contributed by atoms with Gasteiger partial charge in [0.1, 0.15) is 0 Å². The summed E-state index contributed by atoms with van der Waals surface area (Å²) in [6.07, 6.45) is 5.32. The van der Waals surface area contributed by atoms with E-state index in [2.05, 4.69) is 40.3 Å². The van der Waals surface area contributed by atoms with Crippen molar-refractivity contribution in [1.82, 2.24) is 0 Å². The number of hydrogen-bond donors (Lipinski definition) is 0. The lowest BCUT2D eigenvalue weighted by Crippen LogP contribution is -2.08. The molecule has 0 unspecified atom stereocenters. The van der Waals surface area contributed by atoms with E-state index in [1.54, 1.807) is 0 Å². The van der Waals surface area contributed by atoms with Crippen molar-refractivity contribution in [1.29, 1.82) is 0 Å². The standard InChI is InChI=1S/C11H20.CH4/c1-6-8-11(9(3)4)10(5)7-2;/h6-7,9,11H,1,8H2,2-5H3;1H4/b10-7+;/t11-;/m1./s1. The molecule has 0 bridgehead atoms. The highest BCUT2D eigenvalue weighted by Crippen LogP contribution is 2.23. The van der Waals surface area contributed by atoms with Gasteiger partial charge in [-0.05, 0) is 32.1 Å². The smallest absolute Gasteiger partial charge is 0.0149 e. The van der Waals surface area contributed by atoms with E-state index in [9.17, 15) is 0 Å². The fourth-order valence-electron chi connectivity index (χ4n) is 1.38. The summed E-state index contributed by atoms with van der Waals surface area (Å²) in [4.78, 5) is 0. The molecule has 0 aromatic carbocycles. The molecule has 0 spiro atoms. The molecule has 1 atom stereocenters. The van der Waals surface area contributed by atoms with E-state index in [1.807, 2.05) is 6.08 Å². The molecule has 0 aromatic rings. The van der Waals surface area contributed by atoms with E-state index in [-0.39, 0.29) is 7.43 Å². The highest BCUT2D eigenvalue weighted by Gasteiger charge is 2.11. The van der Waals surface area contributed by atoms with E-state index in [4.69, 9.17) is 0 Å². The van der Waals surface area contributed by atoms with Crippen LogP contribution in [-0.4, -0.2) is 0 Å². The molecule has 0 aromatic heterocycles. The highest BCUT2D eigenvalue weighted by molar-refractivity contribution is 5.04. The number of hydrogen-bond acceptors (Lipinski definition) is 0. The maximum Gasteiger partial charge on any atom is -0.0149 e. The molecular weight excluding hydrogens is 144 g/mol. The first-order chi connectivity index (χ1) is 5.13. The molecule has 0 fully saturated rings. The van der Waals surface area contributed by atoms with Crippen LogP contribution in [0.1, 0.15) is 41.5 Å². The van der Waals surface area contributed by atoms with Crippen molar-refractivity contribution in [2.24, 2.45) is 11.8 Å². The lowest BCUT2D eigenvalue weighted by molar-refractivity contribution is 0.447. The summed E-state index contributed by atoms with van der Waals surface area (Å²) in [6.45, 7) is 12.6. The quantitative estimate of drug-likeness (QED) is 0.544. The minimum absolute atomic E-state index is 0. The van der Waals surface area contributed by atoms with Gasteiger partial charge in [0.2, 0.25) is 0 Å². The fourth-order valence-corrected chi connectivity index (χ4v) is 1.38. The van der Waals surface area contributed by atoms with Crippen molar-refractivity contribution >= 4 is 0 Å². The van der Waals surface area contributed by atoms with Crippen LogP contribution in [0.5, 0.6) is 0 Å². The summed E-state index contributed by atoms with van der Waals surface area (Å²) in [5.74, 6) is 1.42. The Morgan fingerprint density at radius 3 is 2.17 bits per heavy atom. The summed E-state index contributed by atoms with van der Waals surface area (Å²) in [7, 11) is 0. The predicted octanol–water partition coefficient (Wildman–Crippen LogP) is 4.44. The van der Waals surface area contributed by atoms with E-state index >= 15 is 0 Å². The van der Waals surface area contributed by atoms with Crippen molar-refractivity contribution in [2.45, 2.75) is 41.5 Å². The Balaban J connectivity index is 0.